The fourth-order valence-electron chi connectivity index (χ4n) is 1.25. The molecule has 8 heteroatoms. The van der Waals surface area contributed by atoms with Gasteiger partial charge >= 0.3 is 0 Å². The molecular weight excluding hydrogens is 250 g/mol. The Balaban J connectivity index is 2.13. The number of hydrogen-bond acceptors (Lipinski definition) is 8. The molecule has 0 fully saturated rings. The minimum atomic E-state index is 0.542. The van der Waals surface area contributed by atoms with Crippen LogP contribution in [0.5, 0.6) is 0 Å². The van der Waals surface area contributed by atoms with Crippen molar-refractivity contribution in [2.75, 3.05) is 36.7 Å². The molecular formula is C10H15N7S. The van der Waals surface area contributed by atoms with E-state index in [1.807, 2.05) is 25.2 Å². The zero-order valence-corrected chi connectivity index (χ0v) is 11.3. The van der Waals surface area contributed by atoms with E-state index in [1.165, 1.54) is 0 Å². The highest BCUT2D eigenvalue weighted by Crippen LogP contribution is 2.13. The quantitative estimate of drug-likeness (QED) is 0.836. The van der Waals surface area contributed by atoms with Gasteiger partial charge in [0, 0.05) is 32.2 Å². The first kappa shape index (κ1) is 12.5. The molecule has 0 spiro atoms. The molecule has 18 heavy (non-hydrogen) atoms. The SMILES string of the molecule is CNc1nc(NCc2cncs2)nc(N(C)C)n1. The van der Waals surface area contributed by atoms with Crippen LogP contribution < -0.4 is 15.5 Å². The van der Waals surface area contributed by atoms with Gasteiger partial charge in [0.25, 0.3) is 0 Å². The Morgan fingerprint density at radius 2 is 2.00 bits per heavy atom. The average Bonchev–Trinajstić information content (AvgIpc) is 2.89. The van der Waals surface area contributed by atoms with Crippen LogP contribution in [-0.4, -0.2) is 41.1 Å². The molecule has 0 atom stereocenters. The standard InChI is InChI=1S/C10H15N7S/c1-11-8-14-9(16-10(15-8)17(2)3)13-5-7-4-12-6-18-7/h4,6H,5H2,1-3H3,(H2,11,13,14,15,16). The lowest BCUT2D eigenvalue weighted by molar-refractivity contribution is 0.946. The van der Waals surface area contributed by atoms with E-state index in [0.717, 1.165) is 4.88 Å². The maximum absolute atomic E-state index is 4.32. The summed E-state index contributed by atoms with van der Waals surface area (Å²) < 4.78 is 0. The van der Waals surface area contributed by atoms with Gasteiger partial charge in [-0.1, -0.05) is 0 Å². The van der Waals surface area contributed by atoms with Gasteiger partial charge in [0.1, 0.15) is 0 Å². The van der Waals surface area contributed by atoms with Gasteiger partial charge < -0.3 is 15.5 Å². The number of hydrogen-bond donors (Lipinski definition) is 2. The molecule has 0 amide bonds. The van der Waals surface area contributed by atoms with E-state index in [9.17, 15) is 0 Å². The van der Waals surface area contributed by atoms with Gasteiger partial charge in [-0.25, -0.2) is 0 Å². The highest BCUT2D eigenvalue weighted by atomic mass is 32.1. The maximum atomic E-state index is 4.32. The van der Waals surface area contributed by atoms with Crippen molar-refractivity contribution in [3.8, 4) is 0 Å². The second-order valence-corrected chi connectivity index (χ2v) is 4.72. The number of aromatic nitrogens is 4. The molecule has 0 aromatic carbocycles. The third-order valence-electron chi connectivity index (χ3n) is 2.15. The van der Waals surface area contributed by atoms with Crippen LogP contribution in [0.3, 0.4) is 0 Å². The van der Waals surface area contributed by atoms with Crippen molar-refractivity contribution in [1.82, 2.24) is 19.9 Å². The highest BCUT2D eigenvalue weighted by Gasteiger charge is 2.07. The van der Waals surface area contributed by atoms with E-state index >= 15 is 0 Å². The normalized spacial score (nSPS) is 10.2. The van der Waals surface area contributed by atoms with Crippen molar-refractivity contribution in [3.63, 3.8) is 0 Å². The Bertz CT molecular complexity index is 497. The van der Waals surface area contributed by atoms with E-state index in [4.69, 9.17) is 0 Å². The van der Waals surface area contributed by atoms with Gasteiger partial charge in [0.05, 0.1) is 12.1 Å². The molecule has 96 valence electrons. The number of anilines is 3. The zero-order valence-electron chi connectivity index (χ0n) is 10.5. The third kappa shape index (κ3) is 3.04. The predicted molar refractivity (Wildman–Crippen MR) is 73.1 cm³/mol. The molecule has 0 aliphatic heterocycles. The molecule has 0 saturated heterocycles. The van der Waals surface area contributed by atoms with Crippen LogP contribution in [0.15, 0.2) is 11.7 Å². The zero-order chi connectivity index (χ0) is 13.0. The van der Waals surface area contributed by atoms with Gasteiger partial charge in [0.2, 0.25) is 17.8 Å². The largest absolute Gasteiger partial charge is 0.357 e. The number of rotatable bonds is 5. The lowest BCUT2D eigenvalue weighted by Gasteiger charge is -2.12. The first-order valence-electron chi connectivity index (χ1n) is 5.41. The van der Waals surface area contributed by atoms with Crippen molar-refractivity contribution >= 4 is 29.2 Å². The summed E-state index contributed by atoms with van der Waals surface area (Å²) in [6, 6.07) is 0. The molecule has 0 aliphatic carbocycles. The molecule has 0 radical (unpaired) electrons. The molecule has 2 rings (SSSR count). The van der Waals surface area contributed by atoms with E-state index in [1.54, 1.807) is 23.9 Å². The monoisotopic (exact) mass is 265 g/mol. The second-order valence-electron chi connectivity index (χ2n) is 3.75. The molecule has 0 unspecified atom stereocenters. The summed E-state index contributed by atoms with van der Waals surface area (Å²) in [7, 11) is 5.56. The van der Waals surface area contributed by atoms with Crippen LogP contribution in [0.1, 0.15) is 4.88 Å². The summed E-state index contributed by atoms with van der Waals surface area (Å²) in [6.07, 6.45) is 1.82. The minimum absolute atomic E-state index is 0.542. The second kappa shape index (κ2) is 5.58. The van der Waals surface area contributed by atoms with Crippen molar-refractivity contribution < 1.29 is 0 Å². The lowest BCUT2D eigenvalue weighted by atomic mass is 10.5. The Kier molecular flexibility index (Phi) is 3.88. The molecule has 0 bridgehead atoms. The first-order valence-corrected chi connectivity index (χ1v) is 6.29. The van der Waals surface area contributed by atoms with Gasteiger partial charge in [-0.05, 0) is 0 Å². The predicted octanol–water partition coefficient (Wildman–Crippen LogP) is 1.05. The van der Waals surface area contributed by atoms with Gasteiger partial charge in [-0.15, -0.1) is 11.3 Å². The highest BCUT2D eigenvalue weighted by molar-refractivity contribution is 7.09. The van der Waals surface area contributed by atoms with Crippen LogP contribution in [0.2, 0.25) is 0 Å². The lowest BCUT2D eigenvalue weighted by Crippen LogP contribution is -2.16. The summed E-state index contributed by atoms with van der Waals surface area (Å²) >= 11 is 1.59. The Labute approximate surface area is 109 Å². The van der Waals surface area contributed by atoms with Crippen LogP contribution >= 0.6 is 11.3 Å². The fourth-order valence-corrected chi connectivity index (χ4v) is 1.79. The first-order chi connectivity index (χ1) is 8.69. The van der Waals surface area contributed by atoms with E-state index < -0.39 is 0 Å². The molecule has 2 aromatic heterocycles. The van der Waals surface area contributed by atoms with E-state index in [0.29, 0.717) is 24.4 Å². The number of nitrogens with zero attached hydrogens (tertiary/aromatic N) is 5. The fraction of sp³-hybridized carbons (Fsp3) is 0.400. The minimum Gasteiger partial charge on any atom is -0.357 e. The summed E-state index contributed by atoms with van der Waals surface area (Å²) in [4.78, 5) is 19.8. The van der Waals surface area contributed by atoms with Gasteiger partial charge in [-0.2, -0.15) is 15.0 Å². The summed E-state index contributed by atoms with van der Waals surface area (Å²) in [5.74, 6) is 1.70. The molecule has 7 nitrogen and oxygen atoms in total. The van der Waals surface area contributed by atoms with Crippen LogP contribution in [0, 0.1) is 0 Å². The summed E-state index contributed by atoms with van der Waals surface area (Å²) in [5, 5.41) is 6.08. The molecule has 0 saturated carbocycles. The van der Waals surface area contributed by atoms with E-state index in [2.05, 4.69) is 30.6 Å². The summed E-state index contributed by atoms with van der Waals surface area (Å²) in [5.41, 5.74) is 1.80. The maximum Gasteiger partial charge on any atom is 0.231 e. The molecule has 0 aliphatic rings. The van der Waals surface area contributed by atoms with Crippen molar-refractivity contribution in [2.24, 2.45) is 0 Å². The third-order valence-corrected chi connectivity index (χ3v) is 2.93. The van der Waals surface area contributed by atoms with Gasteiger partial charge in [0.15, 0.2) is 0 Å². The Morgan fingerprint density at radius 3 is 2.61 bits per heavy atom. The van der Waals surface area contributed by atoms with Crippen molar-refractivity contribution in [1.29, 1.82) is 0 Å². The number of thiazole rings is 1. The van der Waals surface area contributed by atoms with Crippen LogP contribution in [0.4, 0.5) is 17.8 Å². The molecule has 2 aromatic rings. The topological polar surface area (TPSA) is 78.9 Å². The number of nitrogens with one attached hydrogen (secondary N) is 2. The van der Waals surface area contributed by atoms with Crippen LogP contribution in [0.25, 0.3) is 0 Å². The van der Waals surface area contributed by atoms with E-state index in [-0.39, 0.29) is 0 Å². The smallest absolute Gasteiger partial charge is 0.231 e. The summed E-state index contributed by atoms with van der Waals surface area (Å²) in [6.45, 7) is 0.657. The van der Waals surface area contributed by atoms with Crippen molar-refractivity contribution in [3.05, 3.63) is 16.6 Å². The Morgan fingerprint density at radius 1 is 1.22 bits per heavy atom. The van der Waals surface area contributed by atoms with Crippen LogP contribution in [-0.2, 0) is 6.54 Å². The molecule has 2 N–H and O–H groups in total. The van der Waals surface area contributed by atoms with Crippen molar-refractivity contribution in [2.45, 2.75) is 6.54 Å². The average molecular weight is 265 g/mol. The molecule has 2 heterocycles. The van der Waals surface area contributed by atoms with Gasteiger partial charge in [-0.3, -0.25) is 4.98 Å². The Hall–Kier alpha value is -1.96.